The molecule has 0 aromatic heterocycles. The van der Waals surface area contributed by atoms with Crippen LogP contribution >= 0.6 is 0 Å². The van der Waals surface area contributed by atoms with Crippen molar-refractivity contribution < 1.29 is 0 Å². The molecule has 1 saturated carbocycles. The molecular weight excluding hydrogens is 112 g/mol. The Morgan fingerprint density at radius 3 is 2.22 bits per heavy atom. The molecule has 0 aromatic carbocycles. The molecule has 52 valence electrons. The van der Waals surface area contributed by atoms with Crippen molar-refractivity contribution in [1.29, 1.82) is 0 Å². The van der Waals surface area contributed by atoms with E-state index < -0.39 is 0 Å². The first-order valence-corrected chi connectivity index (χ1v) is 3.71. The Morgan fingerprint density at radius 1 is 1.44 bits per heavy atom. The number of nitrogens with two attached hydrogens (primary N) is 1. The summed E-state index contributed by atoms with van der Waals surface area (Å²) in [5.41, 5.74) is 6.20. The molecule has 0 aromatic rings. The molecule has 2 nitrogen and oxygen atoms in total. The quantitative estimate of drug-likeness (QED) is 0.477. The van der Waals surface area contributed by atoms with Crippen LogP contribution in [-0.4, -0.2) is 18.6 Å². The average Bonchev–Trinajstić information content (AvgIpc) is 1.89. The van der Waals surface area contributed by atoms with Gasteiger partial charge in [-0.25, -0.2) is 0 Å². The maximum absolute atomic E-state index is 6.03. The Bertz CT molecular complexity index is 115. The lowest BCUT2D eigenvalue weighted by Crippen LogP contribution is -2.69. The molecule has 2 aliphatic heterocycles. The molecule has 2 atom stereocenters. The maximum Gasteiger partial charge on any atom is 0.0207 e. The molecule has 3 N–H and O–H groups in total. The Morgan fingerprint density at radius 2 is 2.00 bits per heavy atom. The lowest BCUT2D eigenvalue weighted by Gasteiger charge is -2.56. The third-order valence-electron chi connectivity index (χ3n) is 3.11. The molecule has 3 aliphatic rings. The summed E-state index contributed by atoms with van der Waals surface area (Å²) in [5.74, 6) is 1.52. The van der Waals surface area contributed by atoms with Gasteiger partial charge < -0.3 is 11.1 Å². The standard InChI is InChI=1S/C7H14N2/c1-7(8)5-2-6(7)4-9-3-5/h5-6,9H,2-4,8H2,1H3. The molecule has 0 spiro atoms. The lowest BCUT2D eigenvalue weighted by molar-refractivity contribution is 0.0134. The van der Waals surface area contributed by atoms with Crippen LogP contribution in [0.25, 0.3) is 0 Å². The monoisotopic (exact) mass is 126 g/mol. The number of hydrogen-bond acceptors (Lipinski definition) is 2. The van der Waals surface area contributed by atoms with E-state index in [1.54, 1.807) is 0 Å². The fraction of sp³-hybridized carbons (Fsp3) is 1.00. The molecule has 2 heterocycles. The predicted molar refractivity (Wildman–Crippen MR) is 37.1 cm³/mol. The van der Waals surface area contributed by atoms with Gasteiger partial charge in [-0.2, -0.15) is 0 Å². The summed E-state index contributed by atoms with van der Waals surface area (Å²) in [6.45, 7) is 4.47. The normalized spacial score (nSPS) is 56.7. The van der Waals surface area contributed by atoms with Gasteiger partial charge >= 0.3 is 0 Å². The van der Waals surface area contributed by atoms with Crippen molar-refractivity contribution in [3.8, 4) is 0 Å². The van der Waals surface area contributed by atoms with Crippen LogP contribution < -0.4 is 11.1 Å². The second-order valence-electron chi connectivity index (χ2n) is 3.65. The highest BCUT2D eigenvalue weighted by Crippen LogP contribution is 2.43. The highest BCUT2D eigenvalue weighted by Gasteiger charge is 2.50. The molecule has 2 heteroatoms. The number of nitrogens with one attached hydrogen (secondary N) is 1. The summed E-state index contributed by atoms with van der Waals surface area (Å²) < 4.78 is 0. The highest BCUT2D eigenvalue weighted by atomic mass is 15.0. The second kappa shape index (κ2) is 1.50. The van der Waals surface area contributed by atoms with E-state index in [2.05, 4.69) is 12.2 Å². The van der Waals surface area contributed by atoms with Crippen LogP contribution in [0.5, 0.6) is 0 Å². The summed E-state index contributed by atoms with van der Waals surface area (Å²) in [4.78, 5) is 0. The van der Waals surface area contributed by atoms with Crippen molar-refractivity contribution in [3.63, 3.8) is 0 Å². The summed E-state index contributed by atoms with van der Waals surface area (Å²) in [6, 6.07) is 0. The highest BCUT2D eigenvalue weighted by molar-refractivity contribution is 5.08. The first-order valence-electron chi connectivity index (χ1n) is 3.71. The Labute approximate surface area is 55.8 Å². The van der Waals surface area contributed by atoms with Crippen LogP contribution in [0, 0.1) is 11.8 Å². The minimum Gasteiger partial charge on any atom is -0.325 e. The zero-order valence-electron chi connectivity index (χ0n) is 5.85. The minimum atomic E-state index is 0.172. The van der Waals surface area contributed by atoms with E-state index >= 15 is 0 Å². The summed E-state index contributed by atoms with van der Waals surface area (Å²) in [5, 5.41) is 3.36. The number of fused-ring (bicyclic) bond motifs is 2. The van der Waals surface area contributed by atoms with Gasteiger partial charge in [-0.05, 0) is 38.3 Å². The van der Waals surface area contributed by atoms with E-state index in [1.807, 2.05) is 0 Å². The molecule has 2 unspecified atom stereocenters. The van der Waals surface area contributed by atoms with Gasteiger partial charge in [0.05, 0.1) is 0 Å². The van der Waals surface area contributed by atoms with Crippen LogP contribution in [0.1, 0.15) is 13.3 Å². The van der Waals surface area contributed by atoms with Crippen molar-refractivity contribution in [2.75, 3.05) is 13.1 Å². The topological polar surface area (TPSA) is 38.0 Å². The third kappa shape index (κ3) is 0.578. The smallest absolute Gasteiger partial charge is 0.0207 e. The first-order chi connectivity index (χ1) is 4.21. The Balaban J connectivity index is 2.13. The van der Waals surface area contributed by atoms with Gasteiger partial charge in [-0.3, -0.25) is 0 Å². The van der Waals surface area contributed by atoms with Crippen LogP contribution in [0.3, 0.4) is 0 Å². The van der Waals surface area contributed by atoms with E-state index in [1.165, 1.54) is 6.42 Å². The molecule has 0 radical (unpaired) electrons. The molecule has 0 amide bonds. The van der Waals surface area contributed by atoms with Gasteiger partial charge in [0.15, 0.2) is 0 Å². The van der Waals surface area contributed by atoms with Crippen molar-refractivity contribution in [1.82, 2.24) is 5.32 Å². The largest absolute Gasteiger partial charge is 0.325 e. The summed E-state index contributed by atoms with van der Waals surface area (Å²) >= 11 is 0. The first kappa shape index (κ1) is 5.69. The van der Waals surface area contributed by atoms with Crippen LogP contribution in [0.15, 0.2) is 0 Å². The van der Waals surface area contributed by atoms with Gasteiger partial charge in [0.2, 0.25) is 0 Å². The molecule has 2 saturated heterocycles. The zero-order chi connectivity index (χ0) is 6.48. The minimum absolute atomic E-state index is 0.172. The lowest BCUT2D eigenvalue weighted by atomic mass is 9.58. The van der Waals surface area contributed by atoms with Gasteiger partial charge in [-0.1, -0.05) is 0 Å². The van der Waals surface area contributed by atoms with Crippen molar-refractivity contribution >= 4 is 0 Å². The predicted octanol–water partition coefficient (Wildman–Crippen LogP) is -0.0569. The number of piperidine rings is 2. The van der Waals surface area contributed by atoms with Crippen molar-refractivity contribution in [3.05, 3.63) is 0 Å². The van der Waals surface area contributed by atoms with Gasteiger partial charge in [0.1, 0.15) is 0 Å². The Hall–Kier alpha value is -0.0800. The molecule has 2 bridgehead atoms. The van der Waals surface area contributed by atoms with E-state index in [9.17, 15) is 0 Å². The molecule has 1 aliphatic carbocycles. The molecule has 9 heavy (non-hydrogen) atoms. The number of rotatable bonds is 0. The van der Waals surface area contributed by atoms with Gasteiger partial charge in [-0.15, -0.1) is 0 Å². The van der Waals surface area contributed by atoms with E-state index in [0.717, 1.165) is 24.9 Å². The average molecular weight is 126 g/mol. The Kier molecular flexibility index (Phi) is 0.945. The van der Waals surface area contributed by atoms with Gasteiger partial charge in [0, 0.05) is 5.54 Å². The van der Waals surface area contributed by atoms with Crippen molar-refractivity contribution in [2.24, 2.45) is 17.6 Å². The van der Waals surface area contributed by atoms with E-state index in [-0.39, 0.29) is 5.54 Å². The zero-order valence-corrected chi connectivity index (χ0v) is 5.85. The van der Waals surface area contributed by atoms with E-state index in [4.69, 9.17) is 5.73 Å². The summed E-state index contributed by atoms with van der Waals surface area (Å²) in [6.07, 6.45) is 1.36. The molecular formula is C7H14N2. The third-order valence-corrected chi connectivity index (χ3v) is 3.11. The van der Waals surface area contributed by atoms with Crippen LogP contribution in [0.4, 0.5) is 0 Å². The SMILES string of the molecule is CC1(N)C2CNCC1C2. The van der Waals surface area contributed by atoms with Crippen LogP contribution in [0.2, 0.25) is 0 Å². The fourth-order valence-electron chi connectivity index (χ4n) is 2.06. The van der Waals surface area contributed by atoms with E-state index in [0.29, 0.717) is 0 Å². The molecule has 3 rings (SSSR count). The number of hydrogen-bond donors (Lipinski definition) is 2. The summed E-state index contributed by atoms with van der Waals surface area (Å²) in [7, 11) is 0. The second-order valence-corrected chi connectivity index (χ2v) is 3.65. The molecule has 3 fully saturated rings. The van der Waals surface area contributed by atoms with Gasteiger partial charge in [0.25, 0.3) is 0 Å². The van der Waals surface area contributed by atoms with Crippen LogP contribution in [-0.2, 0) is 0 Å². The fourth-order valence-corrected chi connectivity index (χ4v) is 2.06. The maximum atomic E-state index is 6.03. The van der Waals surface area contributed by atoms with Crippen molar-refractivity contribution in [2.45, 2.75) is 18.9 Å².